The second-order valence-electron chi connectivity index (χ2n) is 27.1. The predicted molar refractivity (Wildman–Crippen MR) is 312 cm³/mol. The monoisotopic (exact) mass is 949 g/mol. The molecule has 0 radical (unpaired) electrons. The van der Waals surface area contributed by atoms with E-state index in [0.29, 0.717) is 0 Å². The van der Waals surface area contributed by atoms with Crippen LogP contribution in [0.2, 0.25) is 0 Å². The largest absolute Gasteiger partial charge is 0.456 e. The Labute approximate surface area is 432 Å². The highest BCUT2D eigenvalue weighted by Crippen LogP contribution is 2.52. The van der Waals surface area contributed by atoms with Gasteiger partial charge in [-0.1, -0.05) is 183 Å². The molecule has 11 rings (SSSR count). The van der Waals surface area contributed by atoms with Crippen LogP contribution in [0.25, 0.3) is 21.9 Å². The quantitative estimate of drug-likeness (QED) is 0.164. The number of anilines is 6. The SMILES string of the molecule is CC(C)(C)c1ccc(N(c2ccc(C(C)(C)C)cc2)c2ccc3c(c2)oc2cc4c(cc23)C2(CCCCC2)c2cc(C(C)(C)C)cc3c2B4c2cc(C(C)(C)C)ccc2N3c2ccc(C(C)(C)C)cc2)cc1. The molecule has 3 nitrogen and oxygen atoms in total. The lowest BCUT2D eigenvalue weighted by atomic mass is 9.29. The van der Waals surface area contributed by atoms with E-state index in [0.717, 1.165) is 41.1 Å². The Morgan fingerprint density at radius 2 is 0.917 bits per heavy atom. The summed E-state index contributed by atoms with van der Waals surface area (Å²) in [5.41, 5.74) is 23.1. The molecule has 4 heteroatoms. The summed E-state index contributed by atoms with van der Waals surface area (Å²) in [5.74, 6) is 0. The molecule has 1 aromatic heterocycles. The van der Waals surface area contributed by atoms with Crippen LogP contribution in [0, 0.1) is 0 Å². The fraction of sp³-hybridized carbons (Fsp3) is 0.382. The standard InChI is InChI=1S/C68H77BN2O/c1-63(2,3)43-19-26-48(27-20-43)70(49-28-21-44(22-29-49)64(4,5)6)51-32-33-52-53-41-54-56(42-61(53)72-60(52)40-51)69-57-38-46(66(10,11)12)25-34-58(57)71(50-30-23-45(24-31-50)65(7,8)9)59-39-47(67(13,14)15)37-55(62(59)69)68(54)35-17-16-18-36-68/h19-34,37-42H,16-18,35-36H2,1-15H3. The molecule has 2 aliphatic heterocycles. The van der Waals surface area contributed by atoms with Crippen molar-refractivity contribution in [2.24, 2.45) is 0 Å². The molecular formula is C68H77BN2O. The van der Waals surface area contributed by atoms with E-state index in [4.69, 9.17) is 4.42 Å². The summed E-state index contributed by atoms with van der Waals surface area (Å²) in [6.45, 7) is 35.0. The van der Waals surface area contributed by atoms with E-state index in [-0.39, 0.29) is 39.2 Å². The van der Waals surface area contributed by atoms with Crippen LogP contribution >= 0.6 is 0 Å². The second-order valence-corrected chi connectivity index (χ2v) is 27.1. The van der Waals surface area contributed by atoms with Crippen LogP contribution < -0.4 is 26.2 Å². The van der Waals surface area contributed by atoms with Crippen LogP contribution in [0.5, 0.6) is 0 Å². The van der Waals surface area contributed by atoms with Crippen molar-refractivity contribution < 1.29 is 4.42 Å². The van der Waals surface area contributed by atoms with Crippen LogP contribution in [-0.2, 0) is 32.5 Å². The highest BCUT2D eigenvalue weighted by atomic mass is 16.3. The van der Waals surface area contributed by atoms with Gasteiger partial charge in [-0.25, -0.2) is 0 Å². The minimum absolute atomic E-state index is 0.0208. The predicted octanol–water partition coefficient (Wildman–Crippen LogP) is 17.4. The molecule has 1 spiro atoms. The minimum Gasteiger partial charge on any atom is -0.456 e. The molecule has 0 saturated heterocycles. The zero-order valence-electron chi connectivity index (χ0n) is 46.1. The van der Waals surface area contributed by atoms with E-state index in [1.807, 2.05) is 0 Å². The van der Waals surface area contributed by atoms with Gasteiger partial charge in [-0.2, -0.15) is 0 Å². The van der Waals surface area contributed by atoms with Gasteiger partial charge in [0.15, 0.2) is 0 Å². The van der Waals surface area contributed by atoms with Gasteiger partial charge >= 0.3 is 0 Å². The first-order valence-corrected chi connectivity index (χ1v) is 27.1. The third-order valence-corrected chi connectivity index (χ3v) is 16.9. The van der Waals surface area contributed by atoms with Crippen molar-refractivity contribution in [3.8, 4) is 0 Å². The smallest absolute Gasteiger partial charge is 0.247 e. The number of nitrogens with zero attached hydrogens (tertiary/aromatic N) is 2. The Hall–Kier alpha value is -6.00. The second kappa shape index (κ2) is 16.5. The first-order chi connectivity index (χ1) is 33.8. The maximum atomic E-state index is 7.24. The van der Waals surface area contributed by atoms with Crippen molar-refractivity contribution in [2.45, 2.75) is 168 Å². The number of rotatable bonds is 4. The fourth-order valence-corrected chi connectivity index (χ4v) is 12.5. The van der Waals surface area contributed by atoms with E-state index < -0.39 is 0 Å². The van der Waals surface area contributed by atoms with Gasteiger partial charge < -0.3 is 14.2 Å². The summed E-state index contributed by atoms with van der Waals surface area (Å²) >= 11 is 0. The summed E-state index contributed by atoms with van der Waals surface area (Å²) in [5, 5.41) is 2.39. The lowest BCUT2D eigenvalue weighted by Crippen LogP contribution is -2.65. The minimum atomic E-state index is -0.122. The van der Waals surface area contributed by atoms with Crippen LogP contribution in [0.15, 0.2) is 138 Å². The van der Waals surface area contributed by atoms with E-state index in [9.17, 15) is 0 Å². The summed E-state index contributed by atoms with van der Waals surface area (Å²) in [4.78, 5) is 5.02. The van der Waals surface area contributed by atoms with Crippen LogP contribution in [-0.4, -0.2) is 6.71 Å². The van der Waals surface area contributed by atoms with E-state index in [1.54, 1.807) is 5.56 Å². The van der Waals surface area contributed by atoms with Crippen molar-refractivity contribution >= 4 is 79.2 Å². The molecular weight excluding hydrogens is 872 g/mol. The summed E-state index contributed by atoms with van der Waals surface area (Å²) in [7, 11) is 0. The molecule has 1 fully saturated rings. The number of furan rings is 1. The van der Waals surface area contributed by atoms with E-state index in [2.05, 4.69) is 247 Å². The van der Waals surface area contributed by atoms with Crippen molar-refractivity contribution in [3.63, 3.8) is 0 Å². The Morgan fingerprint density at radius 1 is 0.417 bits per heavy atom. The van der Waals surface area contributed by atoms with Crippen molar-refractivity contribution in [2.75, 3.05) is 9.80 Å². The average Bonchev–Trinajstić information content (AvgIpc) is 3.68. The number of fused-ring (bicyclic) bond motifs is 9. The van der Waals surface area contributed by atoms with Gasteiger partial charge in [0.1, 0.15) is 11.2 Å². The van der Waals surface area contributed by atoms with Crippen LogP contribution in [0.3, 0.4) is 0 Å². The lowest BCUT2D eigenvalue weighted by Gasteiger charge is -2.50. The Bertz CT molecular complexity index is 3330. The van der Waals surface area contributed by atoms with Crippen molar-refractivity contribution in [3.05, 3.63) is 172 Å². The molecule has 0 N–H and O–H groups in total. The van der Waals surface area contributed by atoms with Gasteiger partial charge in [0.25, 0.3) is 0 Å². The molecule has 72 heavy (non-hydrogen) atoms. The molecule has 368 valence electrons. The molecule has 0 atom stereocenters. The topological polar surface area (TPSA) is 19.6 Å². The Morgan fingerprint density at radius 3 is 1.46 bits per heavy atom. The maximum Gasteiger partial charge on any atom is 0.247 e. The van der Waals surface area contributed by atoms with E-state index in [1.165, 1.54) is 96.9 Å². The van der Waals surface area contributed by atoms with Gasteiger partial charge in [0.2, 0.25) is 6.71 Å². The third-order valence-electron chi connectivity index (χ3n) is 16.9. The molecule has 0 unspecified atom stereocenters. The van der Waals surface area contributed by atoms with Gasteiger partial charge in [0, 0.05) is 56.4 Å². The Kier molecular flexibility index (Phi) is 11.1. The zero-order valence-corrected chi connectivity index (χ0v) is 46.1. The normalized spacial score (nSPS) is 15.8. The fourth-order valence-electron chi connectivity index (χ4n) is 12.5. The molecule has 3 heterocycles. The molecule has 3 aliphatic rings. The molecule has 1 saturated carbocycles. The highest BCUT2D eigenvalue weighted by Gasteiger charge is 2.51. The highest BCUT2D eigenvalue weighted by molar-refractivity contribution is 6.99. The van der Waals surface area contributed by atoms with Crippen molar-refractivity contribution in [1.29, 1.82) is 0 Å². The third kappa shape index (κ3) is 8.02. The number of hydrogen-bond acceptors (Lipinski definition) is 3. The van der Waals surface area contributed by atoms with E-state index >= 15 is 0 Å². The van der Waals surface area contributed by atoms with Crippen molar-refractivity contribution in [1.82, 2.24) is 0 Å². The van der Waals surface area contributed by atoms with Gasteiger partial charge in [-0.15, -0.1) is 0 Å². The van der Waals surface area contributed by atoms with Gasteiger partial charge in [-0.05, 0) is 163 Å². The number of hydrogen-bond donors (Lipinski definition) is 0. The van der Waals surface area contributed by atoms with Gasteiger partial charge in [-0.3, -0.25) is 0 Å². The molecule has 7 aromatic carbocycles. The summed E-state index contributed by atoms with van der Waals surface area (Å²) in [6, 6.07) is 52.4. The molecule has 1 aliphatic carbocycles. The maximum absolute atomic E-state index is 7.24. The first kappa shape index (κ1) is 48.3. The van der Waals surface area contributed by atoms with Crippen LogP contribution in [0.1, 0.15) is 175 Å². The summed E-state index contributed by atoms with van der Waals surface area (Å²) in [6.07, 6.45) is 6.00. The average molecular weight is 949 g/mol. The first-order valence-electron chi connectivity index (χ1n) is 27.1. The molecule has 8 aromatic rings. The van der Waals surface area contributed by atoms with Crippen LogP contribution in [0.4, 0.5) is 34.1 Å². The molecule has 0 bridgehead atoms. The zero-order chi connectivity index (χ0) is 51.1. The summed E-state index contributed by atoms with van der Waals surface area (Å²) < 4.78 is 7.24. The molecule has 0 amide bonds. The lowest BCUT2D eigenvalue weighted by molar-refractivity contribution is 0.347. The van der Waals surface area contributed by atoms with Gasteiger partial charge in [0.05, 0.1) is 0 Å². The Balaban J connectivity index is 1.15. The number of benzene rings is 7.